The fourth-order valence-corrected chi connectivity index (χ4v) is 3.82. The van der Waals surface area contributed by atoms with Crippen molar-refractivity contribution in [3.05, 3.63) is 35.9 Å². The second-order valence-corrected chi connectivity index (χ2v) is 7.16. The lowest BCUT2D eigenvalue weighted by Gasteiger charge is -2.34. The minimum atomic E-state index is -0.141. The van der Waals surface area contributed by atoms with Crippen molar-refractivity contribution in [1.82, 2.24) is 9.80 Å². The molecule has 25 heavy (non-hydrogen) atoms. The van der Waals surface area contributed by atoms with Crippen LogP contribution < -0.4 is 0 Å². The van der Waals surface area contributed by atoms with E-state index in [-0.39, 0.29) is 24.5 Å². The van der Waals surface area contributed by atoms with E-state index in [4.69, 9.17) is 4.74 Å². The van der Waals surface area contributed by atoms with Gasteiger partial charge in [-0.05, 0) is 18.4 Å². The van der Waals surface area contributed by atoms with Crippen molar-refractivity contribution in [2.75, 3.05) is 19.6 Å². The van der Waals surface area contributed by atoms with E-state index in [0.717, 1.165) is 18.4 Å². The molecule has 1 heterocycles. The third kappa shape index (κ3) is 4.82. The molecule has 2 fully saturated rings. The zero-order valence-electron chi connectivity index (χ0n) is 15.0. The lowest BCUT2D eigenvalue weighted by atomic mass is 9.94. The second-order valence-electron chi connectivity index (χ2n) is 7.16. The summed E-state index contributed by atoms with van der Waals surface area (Å²) in [6, 6.07) is 10.3. The van der Waals surface area contributed by atoms with Crippen molar-refractivity contribution >= 4 is 11.8 Å². The average molecular weight is 344 g/mol. The van der Waals surface area contributed by atoms with Crippen LogP contribution in [-0.2, 0) is 20.9 Å². The van der Waals surface area contributed by atoms with Gasteiger partial charge in [-0.3, -0.25) is 9.59 Å². The molecule has 0 aromatic heterocycles. The van der Waals surface area contributed by atoms with Gasteiger partial charge < -0.3 is 14.5 Å². The van der Waals surface area contributed by atoms with Crippen LogP contribution in [0.25, 0.3) is 0 Å². The van der Waals surface area contributed by atoms with Crippen LogP contribution in [0.3, 0.4) is 0 Å². The number of carbonyl (C=O) groups excluding carboxylic acids is 2. The zero-order chi connectivity index (χ0) is 17.6. The van der Waals surface area contributed by atoms with Crippen LogP contribution in [0.15, 0.2) is 30.3 Å². The maximum absolute atomic E-state index is 12.7. The Balaban J connectivity index is 1.69. The summed E-state index contributed by atoms with van der Waals surface area (Å²) in [5, 5.41) is 0. The lowest BCUT2D eigenvalue weighted by Crippen LogP contribution is -2.45. The number of amides is 2. The molecule has 1 saturated carbocycles. The van der Waals surface area contributed by atoms with E-state index in [1.807, 2.05) is 35.2 Å². The molecule has 0 radical (unpaired) electrons. The van der Waals surface area contributed by atoms with E-state index in [1.54, 1.807) is 4.90 Å². The molecule has 1 aromatic rings. The summed E-state index contributed by atoms with van der Waals surface area (Å²) in [5.41, 5.74) is 1.11. The molecule has 1 atom stereocenters. The van der Waals surface area contributed by atoms with Gasteiger partial charge in [-0.25, -0.2) is 0 Å². The van der Waals surface area contributed by atoms with Gasteiger partial charge in [0.15, 0.2) is 0 Å². The fourth-order valence-electron chi connectivity index (χ4n) is 3.82. The van der Waals surface area contributed by atoms with Gasteiger partial charge in [0, 0.05) is 26.1 Å². The Morgan fingerprint density at radius 3 is 2.52 bits per heavy atom. The smallest absolute Gasteiger partial charge is 0.242 e. The van der Waals surface area contributed by atoms with Crippen molar-refractivity contribution in [3.8, 4) is 0 Å². The van der Waals surface area contributed by atoms with Crippen molar-refractivity contribution in [2.45, 2.75) is 57.8 Å². The monoisotopic (exact) mass is 344 g/mol. The van der Waals surface area contributed by atoms with Crippen LogP contribution in [0.1, 0.15) is 44.6 Å². The van der Waals surface area contributed by atoms with E-state index in [2.05, 4.69) is 0 Å². The number of carbonyl (C=O) groups is 2. The number of benzene rings is 1. The highest BCUT2D eigenvalue weighted by Crippen LogP contribution is 2.25. The Labute approximate surface area is 149 Å². The van der Waals surface area contributed by atoms with Gasteiger partial charge in [-0.1, -0.05) is 49.6 Å². The quantitative estimate of drug-likeness (QED) is 0.844. The molecule has 0 N–H and O–H groups in total. The summed E-state index contributed by atoms with van der Waals surface area (Å²) in [6.45, 7) is 3.27. The number of rotatable bonds is 4. The Morgan fingerprint density at radius 1 is 1.12 bits per heavy atom. The highest BCUT2D eigenvalue weighted by atomic mass is 16.5. The molecular weight excluding hydrogens is 316 g/mol. The fraction of sp³-hybridized carbons (Fsp3) is 0.600. The van der Waals surface area contributed by atoms with Crippen molar-refractivity contribution < 1.29 is 14.3 Å². The van der Waals surface area contributed by atoms with Gasteiger partial charge in [0.05, 0.1) is 19.3 Å². The standard InChI is InChI=1S/C20H28N2O3/c1-16(23)21-12-19(25-15-17-8-4-2-5-9-17)13-22(20(24)14-21)18-10-6-3-7-11-18/h2,4-5,8-9,18-19H,3,6-7,10-15H2,1H3. The van der Waals surface area contributed by atoms with Crippen LogP contribution in [0, 0.1) is 0 Å². The van der Waals surface area contributed by atoms with Gasteiger partial charge in [0.1, 0.15) is 0 Å². The summed E-state index contributed by atoms with van der Waals surface area (Å²) < 4.78 is 6.11. The Kier molecular flexibility index (Phi) is 6.08. The van der Waals surface area contributed by atoms with E-state index in [1.165, 1.54) is 26.2 Å². The van der Waals surface area contributed by atoms with E-state index < -0.39 is 0 Å². The lowest BCUT2D eigenvalue weighted by molar-refractivity contribution is -0.139. The van der Waals surface area contributed by atoms with Crippen LogP contribution in [0.4, 0.5) is 0 Å². The Morgan fingerprint density at radius 2 is 1.84 bits per heavy atom. The van der Waals surface area contributed by atoms with Crippen molar-refractivity contribution in [1.29, 1.82) is 0 Å². The number of nitrogens with zero attached hydrogens (tertiary/aromatic N) is 2. The molecule has 5 nitrogen and oxygen atoms in total. The first kappa shape index (κ1) is 17.9. The first-order chi connectivity index (χ1) is 12.1. The molecule has 136 valence electrons. The molecule has 0 spiro atoms. The summed E-state index contributed by atoms with van der Waals surface area (Å²) in [6.07, 6.45) is 5.61. The number of ether oxygens (including phenoxy) is 1. The summed E-state index contributed by atoms with van der Waals surface area (Å²) >= 11 is 0. The molecule has 1 aliphatic heterocycles. The van der Waals surface area contributed by atoms with E-state index in [9.17, 15) is 9.59 Å². The minimum absolute atomic E-state index is 0.0628. The van der Waals surface area contributed by atoms with Crippen molar-refractivity contribution in [3.63, 3.8) is 0 Å². The summed E-state index contributed by atoms with van der Waals surface area (Å²) in [7, 11) is 0. The van der Waals surface area contributed by atoms with Crippen LogP contribution >= 0.6 is 0 Å². The molecule has 2 amide bonds. The number of hydrogen-bond donors (Lipinski definition) is 0. The highest BCUT2D eigenvalue weighted by molar-refractivity contribution is 5.84. The highest BCUT2D eigenvalue weighted by Gasteiger charge is 2.33. The normalized spacial score (nSPS) is 22.8. The molecular formula is C20H28N2O3. The first-order valence-corrected chi connectivity index (χ1v) is 9.34. The molecule has 1 aromatic carbocycles. The third-order valence-electron chi connectivity index (χ3n) is 5.26. The minimum Gasteiger partial charge on any atom is -0.370 e. The predicted molar refractivity (Wildman–Crippen MR) is 95.9 cm³/mol. The van der Waals surface area contributed by atoms with Gasteiger partial charge in [-0.15, -0.1) is 0 Å². The van der Waals surface area contributed by atoms with Crippen molar-refractivity contribution in [2.24, 2.45) is 0 Å². The van der Waals surface area contributed by atoms with Gasteiger partial charge in [0.25, 0.3) is 0 Å². The summed E-state index contributed by atoms with van der Waals surface area (Å²) in [5.74, 6) is 0.0000615. The molecule has 1 aliphatic carbocycles. The van der Waals surface area contributed by atoms with Crippen LogP contribution in [-0.4, -0.2) is 53.4 Å². The summed E-state index contributed by atoms with van der Waals surface area (Å²) in [4.78, 5) is 28.2. The topological polar surface area (TPSA) is 49.9 Å². The molecule has 1 saturated heterocycles. The SMILES string of the molecule is CC(=O)N1CC(=O)N(C2CCCCC2)CC(OCc2ccccc2)C1. The molecule has 2 aliphatic rings. The van der Waals surface area contributed by atoms with Crippen LogP contribution in [0.2, 0.25) is 0 Å². The molecule has 1 unspecified atom stereocenters. The predicted octanol–water partition coefficient (Wildman–Crippen LogP) is 2.60. The Hall–Kier alpha value is -1.88. The molecule has 0 bridgehead atoms. The second kappa shape index (κ2) is 8.48. The Bertz CT molecular complexity index is 584. The maximum atomic E-state index is 12.7. The van der Waals surface area contributed by atoms with Gasteiger partial charge >= 0.3 is 0 Å². The molecule has 3 rings (SSSR count). The maximum Gasteiger partial charge on any atom is 0.242 e. The zero-order valence-corrected chi connectivity index (χ0v) is 15.0. The van der Waals surface area contributed by atoms with E-state index >= 15 is 0 Å². The molecule has 5 heteroatoms. The third-order valence-corrected chi connectivity index (χ3v) is 5.26. The van der Waals surface area contributed by atoms with Gasteiger partial charge in [-0.2, -0.15) is 0 Å². The average Bonchev–Trinajstić information content (AvgIpc) is 2.81. The van der Waals surface area contributed by atoms with Crippen LogP contribution in [0.5, 0.6) is 0 Å². The van der Waals surface area contributed by atoms with E-state index in [0.29, 0.717) is 25.7 Å². The largest absolute Gasteiger partial charge is 0.370 e. The first-order valence-electron chi connectivity index (χ1n) is 9.34. The van der Waals surface area contributed by atoms with Gasteiger partial charge in [0.2, 0.25) is 11.8 Å². The number of hydrogen-bond acceptors (Lipinski definition) is 3.